The highest BCUT2D eigenvalue weighted by atomic mass is 16.1. The molecule has 0 atom stereocenters. The van der Waals surface area contributed by atoms with Gasteiger partial charge < -0.3 is 15.5 Å². The molecule has 0 bridgehead atoms. The molecule has 1 saturated carbocycles. The number of hydrogen-bond donors (Lipinski definition) is 2. The number of carbonyl (C=O) groups is 1. The van der Waals surface area contributed by atoms with Gasteiger partial charge in [-0.3, -0.25) is 4.79 Å². The first-order chi connectivity index (χ1) is 13.0. The summed E-state index contributed by atoms with van der Waals surface area (Å²) in [4.78, 5) is 23.2. The molecular formula is C21H29N5O. The maximum absolute atomic E-state index is 12.4. The molecule has 6 nitrogen and oxygen atoms in total. The SMILES string of the molecule is Cc1ccccc1C(=O)NC[C@H]1CC[C@@H](Nc2nccc(N(C)C)n2)CC1. The molecule has 0 spiro atoms. The number of nitrogens with one attached hydrogen (secondary N) is 2. The lowest BCUT2D eigenvalue weighted by atomic mass is 9.86. The Bertz CT molecular complexity index is 769. The van der Waals surface area contributed by atoms with Crippen molar-refractivity contribution >= 4 is 17.7 Å². The third kappa shape index (κ3) is 5.18. The van der Waals surface area contributed by atoms with Crippen LogP contribution in [0.5, 0.6) is 0 Å². The molecule has 1 aliphatic carbocycles. The van der Waals surface area contributed by atoms with Gasteiger partial charge in [0.1, 0.15) is 5.82 Å². The molecule has 0 aliphatic heterocycles. The van der Waals surface area contributed by atoms with E-state index < -0.39 is 0 Å². The van der Waals surface area contributed by atoms with Crippen LogP contribution in [0.3, 0.4) is 0 Å². The second-order valence-corrected chi connectivity index (χ2v) is 7.52. The zero-order valence-electron chi connectivity index (χ0n) is 16.4. The summed E-state index contributed by atoms with van der Waals surface area (Å²) in [5, 5.41) is 6.56. The summed E-state index contributed by atoms with van der Waals surface area (Å²) < 4.78 is 0. The van der Waals surface area contributed by atoms with Gasteiger partial charge in [0.05, 0.1) is 0 Å². The minimum atomic E-state index is 0.0299. The largest absolute Gasteiger partial charge is 0.363 e. The fourth-order valence-electron chi connectivity index (χ4n) is 3.52. The Morgan fingerprint density at radius 1 is 1.15 bits per heavy atom. The Morgan fingerprint density at radius 3 is 2.59 bits per heavy atom. The summed E-state index contributed by atoms with van der Waals surface area (Å²) in [5.74, 6) is 2.16. The number of hydrogen-bond acceptors (Lipinski definition) is 5. The maximum atomic E-state index is 12.4. The zero-order chi connectivity index (χ0) is 19.2. The second-order valence-electron chi connectivity index (χ2n) is 7.52. The third-order valence-corrected chi connectivity index (χ3v) is 5.22. The summed E-state index contributed by atoms with van der Waals surface area (Å²) in [6.45, 7) is 2.71. The van der Waals surface area contributed by atoms with E-state index in [-0.39, 0.29) is 5.91 Å². The van der Waals surface area contributed by atoms with Crippen LogP contribution in [0.4, 0.5) is 11.8 Å². The van der Waals surface area contributed by atoms with Gasteiger partial charge in [-0.15, -0.1) is 0 Å². The number of rotatable bonds is 6. The summed E-state index contributed by atoms with van der Waals surface area (Å²) in [6, 6.07) is 10.0. The minimum Gasteiger partial charge on any atom is -0.363 e. The van der Waals surface area contributed by atoms with Gasteiger partial charge in [0.15, 0.2) is 0 Å². The van der Waals surface area contributed by atoms with Gasteiger partial charge in [-0.25, -0.2) is 4.98 Å². The van der Waals surface area contributed by atoms with Crippen molar-refractivity contribution in [3.63, 3.8) is 0 Å². The van der Waals surface area contributed by atoms with E-state index in [4.69, 9.17) is 0 Å². The van der Waals surface area contributed by atoms with Crippen molar-refractivity contribution in [1.29, 1.82) is 0 Å². The molecule has 1 aliphatic rings. The lowest BCUT2D eigenvalue weighted by Crippen LogP contribution is -2.34. The van der Waals surface area contributed by atoms with Crippen LogP contribution in [0, 0.1) is 12.8 Å². The van der Waals surface area contributed by atoms with Crippen LogP contribution in [0.2, 0.25) is 0 Å². The quantitative estimate of drug-likeness (QED) is 0.820. The molecule has 1 aromatic carbocycles. The Kier molecular flexibility index (Phi) is 6.27. The van der Waals surface area contributed by atoms with Crippen molar-refractivity contribution < 1.29 is 4.79 Å². The maximum Gasteiger partial charge on any atom is 0.251 e. The molecule has 1 fully saturated rings. The van der Waals surface area contributed by atoms with Crippen molar-refractivity contribution in [2.45, 2.75) is 38.6 Å². The molecule has 1 heterocycles. The molecule has 1 amide bonds. The minimum absolute atomic E-state index is 0.0299. The number of amides is 1. The highest BCUT2D eigenvalue weighted by Crippen LogP contribution is 2.26. The summed E-state index contributed by atoms with van der Waals surface area (Å²) in [7, 11) is 3.95. The van der Waals surface area contributed by atoms with E-state index >= 15 is 0 Å². The van der Waals surface area contributed by atoms with Gasteiger partial charge in [-0.2, -0.15) is 4.98 Å². The van der Waals surface area contributed by atoms with Crippen LogP contribution < -0.4 is 15.5 Å². The molecule has 0 radical (unpaired) electrons. The van der Waals surface area contributed by atoms with E-state index in [1.165, 1.54) is 0 Å². The lowest BCUT2D eigenvalue weighted by Gasteiger charge is -2.29. The van der Waals surface area contributed by atoms with Gasteiger partial charge in [0, 0.05) is 38.4 Å². The van der Waals surface area contributed by atoms with Crippen LogP contribution in [-0.2, 0) is 0 Å². The topological polar surface area (TPSA) is 70.2 Å². The highest BCUT2D eigenvalue weighted by Gasteiger charge is 2.22. The predicted octanol–water partition coefficient (Wildman–Crippen LogP) is 3.25. The zero-order valence-corrected chi connectivity index (χ0v) is 16.4. The second kappa shape index (κ2) is 8.84. The van der Waals surface area contributed by atoms with E-state index in [1.54, 1.807) is 6.20 Å². The van der Waals surface area contributed by atoms with Crippen LogP contribution in [0.1, 0.15) is 41.6 Å². The Morgan fingerprint density at radius 2 is 1.89 bits per heavy atom. The smallest absolute Gasteiger partial charge is 0.251 e. The lowest BCUT2D eigenvalue weighted by molar-refractivity contribution is 0.0942. The van der Waals surface area contributed by atoms with E-state index in [0.717, 1.165) is 49.2 Å². The van der Waals surface area contributed by atoms with Crippen molar-refractivity contribution in [3.05, 3.63) is 47.7 Å². The average Bonchev–Trinajstić information content (AvgIpc) is 2.68. The molecule has 6 heteroatoms. The fraction of sp³-hybridized carbons (Fsp3) is 0.476. The number of anilines is 2. The van der Waals surface area contributed by atoms with Gasteiger partial charge in [-0.05, 0) is 56.2 Å². The summed E-state index contributed by atoms with van der Waals surface area (Å²) in [6.07, 6.45) is 6.12. The first-order valence-electron chi connectivity index (χ1n) is 9.63. The Balaban J connectivity index is 1.44. The standard InChI is InChI=1S/C21H29N5O/c1-15-6-4-5-7-18(15)20(27)23-14-16-8-10-17(11-9-16)24-21-22-13-12-19(25-21)26(2)3/h4-7,12-13,16-17H,8-11,14H2,1-3H3,(H,23,27)(H,22,24,25)/t16-,17+. The molecule has 2 aromatic rings. The summed E-state index contributed by atoms with van der Waals surface area (Å²) >= 11 is 0. The van der Waals surface area contributed by atoms with Crippen LogP contribution in [0.25, 0.3) is 0 Å². The van der Waals surface area contributed by atoms with E-state index in [1.807, 2.05) is 56.3 Å². The molecule has 144 valence electrons. The molecule has 0 unspecified atom stereocenters. The van der Waals surface area contributed by atoms with Crippen molar-refractivity contribution in [3.8, 4) is 0 Å². The average molecular weight is 367 g/mol. The number of aryl methyl sites for hydroxylation is 1. The molecule has 1 aromatic heterocycles. The van der Waals surface area contributed by atoms with Crippen LogP contribution in [-0.4, -0.2) is 42.6 Å². The van der Waals surface area contributed by atoms with Gasteiger partial charge in [0.2, 0.25) is 5.95 Å². The first kappa shape index (κ1) is 19.1. The monoisotopic (exact) mass is 367 g/mol. The Hall–Kier alpha value is -2.63. The third-order valence-electron chi connectivity index (χ3n) is 5.22. The number of nitrogens with zero attached hydrogens (tertiary/aromatic N) is 3. The normalized spacial score (nSPS) is 19.4. The van der Waals surface area contributed by atoms with Crippen LogP contribution in [0.15, 0.2) is 36.5 Å². The predicted molar refractivity (Wildman–Crippen MR) is 109 cm³/mol. The molecule has 27 heavy (non-hydrogen) atoms. The number of aromatic nitrogens is 2. The Labute approximate surface area is 161 Å². The van der Waals surface area contributed by atoms with Gasteiger partial charge in [-0.1, -0.05) is 18.2 Å². The van der Waals surface area contributed by atoms with Crippen molar-refractivity contribution in [2.75, 3.05) is 30.9 Å². The first-order valence-corrected chi connectivity index (χ1v) is 9.63. The molecule has 3 rings (SSSR count). The van der Waals surface area contributed by atoms with Crippen molar-refractivity contribution in [1.82, 2.24) is 15.3 Å². The highest BCUT2D eigenvalue weighted by molar-refractivity contribution is 5.95. The van der Waals surface area contributed by atoms with Gasteiger partial charge >= 0.3 is 0 Å². The van der Waals surface area contributed by atoms with E-state index in [9.17, 15) is 4.79 Å². The fourth-order valence-corrected chi connectivity index (χ4v) is 3.52. The van der Waals surface area contributed by atoms with Crippen LogP contribution >= 0.6 is 0 Å². The van der Waals surface area contributed by atoms with E-state index in [0.29, 0.717) is 17.9 Å². The molecule has 2 N–H and O–H groups in total. The number of carbonyl (C=O) groups excluding carboxylic acids is 1. The van der Waals surface area contributed by atoms with Crippen molar-refractivity contribution in [2.24, 2.45) is 5.92 Å². The van der Waals surface area contributed by atoms with E-state index in [2.05, 4.69) is 20.6 Å². The van der Waals surface area contributed by atoms with Gasteiger partial charge in [0.25, 0.3) is 5.91 Å². The number of benzene rings is 1. The molecule has 0 saturated heterocycles. The molecular weight excluding hydrogens is 338 g/mol. The summed E-state index contributed by atoms with van der Waals surface area (Å²) in [5.41, 5.74) is 1.79.